The van der Waals surface area contributed by atoms with Crippen molar-refractivity contribution in [3.05, 3.63) is 30.3 Å². The molecule has 1 saturated heterocycles. The summed E-state index contributed by atoms with van der Waals surface area (Å²) in [7, 11) is -0.937. The maximum atomic E-state index is 5.62. The number of nitrogens with one attached hydrogen (secondary N) is 1. The normalized spacial score (nSPS) is 27.2. The van der Waals surface area contributed by atoms with Gasteiger partial charge in [-0.05, 0) is 25.5 Å². The molecule has 1 fully saturated rings. The summed E-state index contributed by atoms with van der Waals surface area (Å²) in [4.78, 5) is 0. The van der Waals surface area contributed by atoms with Crippen molar-refractivity contribution in [2.75, 3.05) is 11.7 Å². The molecule has 1 N–H and O–H groups in total. The number of anilines is 1. The summed E-state index contributed by atoms with van der Waals surface area (Å²) < 4.78 is 11.1. The molecular weight excluding hydrogens is 197 g/mol. The standard InChI is InChI=1S/C10H14NO2P/c1-9-7-8-12-14(13-9)11-10-5-3-2-4-6-10/h2-6,9,11H,7-8H2,1H3/t9-,14+/m1/s1. The van der Waals surface area contributed by atoms with Crippen LogP contribution < -0.4 is 5.09 Å². The minimum absolute atomic E-state index is 0.297. The van der Waals surface area contributed by atoms with Gasteiger partial charge in [-0.1, -0.05) is 18.2 Å². The Morgan fingerprint density at radius 2 is 2.14 bits per heavy atom. The Kier molecular flexibility index (Phi) is 3.35. The predicted molar refractivity (Wildman–Crippen MR) is 58.1 cm³/mol. The second kappa shape index (κ2) is 4.74. The Labute approximate surface area is 85.4 Å². The van der Waals surface area contributed by atoms with E-state index in [1.165, 1.54) is 0 Å². The SMILES string of the molecule is C[C@@H]1CCO[P@](Nc2ccccc2)O1. The van der Waals surface area contributed by atoms with Crippen molar-refractivity contribution in [2.45, 2.75) is 19.4 Å². The summed E-state index contributed by atoms with van der Waals surface area (Å²) in [6, 6.07) is 9.99. The van der Waals surface area contributed by atoms with Crippen LogP contribution in [-0.2, 0) is 9.05 Å². The molecule has 0 aromatic heterocycles. The maximum Gasteiger partial charge on any atom is 0.287 e. The van der Waals surface area contributed by atoms with Crippen molar-refractivity contribution in [2.24, 2.45) is 0 Å². The second-order valence-electron chi connectivity index (χ2n) is 3.27. The van der Waals surface area contributed by atoms with Gasteiger partial charge in [0.2, 0.25) is 0 Å². The number of para-hydroxylation sites is 1. The highest BCUT2D eigenvalue weighted by molar-refractivity contribution is 7.49. The molecule has 0 radical (unpaired) electrons. The van der Waals surface area contributed by atoms with E-state index in [9.17, 15) is 0 Å². The van der Waals surface area contributed by atoms with Gasteiger partial charge in [0.05, 0.1) is 12.7 Å². The maximum absolute atomic E-state index is 5.62. The van der Waals surface area contributed by atoms with Crippen LogP contribution in [0.2, 0.25) is 0 Å². The highest BCUT2D eigenvalue weighted by atomic mass is 31.2. The van der Waals surface area contributed by atoms with Crippen molar-refractivity contribution < 1.29 is 9.05 Å². The molecule has 3 nitrogen and oxygen atoms in total. The first kappa shape index (κ1) is 9.91. The van der Waals surface area contributed by atoms with E-state index in [0.29, 0.717) is 6.10 Å². The molecule has 1 aromatic rings. The number of rotatable bonds is 2. The van der Waals surface area contributed by atoms with E-state index in [0.717, 1.165) is 18.7 Å². The van der Waals surface area contributed by atoms with E-state index in [2.05, 4.69) is 12.0 Å². The average Bonchev–Trinajstić information content (AvgIpc) is 2.19. The third-order valence-corrected chi connectivity index (χ3v) is 3.41. The zero-order valence-electron chi connectivity index (χ0n) is 8.14. The molecule has 0 saturated carbocycles. The van der Waals surface area contributed by atoms with Crippen molar-refractivity contribution in [1.82, 2.24) is 0 Å². The molecule has 14 heavy (non-hydrogen) atoms. The Bertz CT molecular complexity index is 281. The van der Waals surface area contributed by atoms with Gasteiger partial charge in [-0.25, -0.2) is 0 Å². The lowest BCUT2D eigenvalue weighted by atomic mass is 10.3. The summed E-state index contributed by atoms with van der Waals surface area (Å²) >= 11 is 0. The summed E-state index contributed by atoms with van der Waals surface area (Å²) in [5, 5.41) is 3.23. The van der Waals surface area contributed by atoms with Gasteiger partial charge in [-0.3, -0.25) is 0 Å². The van der Waals surface area contributed by atoms with Crippen LogP contribution in [0.1, 0.15) is 13.3 Å². The van der Waals surface area contributed by atoms with E-state index in [1.807, 2.05) is 30.3 Å². The topological polar surface area (TPSA) is 30.5 Å². The van der Waals surface area contributed by atoms with Crippen LogP contribution >= 0.6 is 8.53 Å². The molecule has 0 amide bonds. The van der Waals surface area contributed by atoms with Crippen LogP contribution in [-0.4, -0.2) is 12.7 Å². The molecule has 0 unspecified atom stereocenters. The molecule has 2 rings (SSSR count). The summed E-state index contributed by atoms with van der Waals surface area (Å²) in [6.45, 7) is 2.86. The van der Waals surface area contributed by atoms with E-state index in [4.69, 9.17) is 9.05 Å². The van der Waals surface area contributed by atoms with Crippen molar-refractivity contribution >= 4 is 14.2 Å². The number of hydrogen-bond donors (Lipinski definition) is 1. The molecule has 1 aliphatic rings. The van der Waals surface area contributed by atoms with E-state index in [1.54, 1.807) is 0 Å². The molecular formula is C10H14NO2P. The second-order valence-corrected chi connectivity index (χ2v) is 4.48. The van der Waals surface area contributed by atoms with Gasteiger partial charge in [-0.15, -0.1) is 0 Å². The van der Waals surface area contributed by atoms with E-state index in [-0.39, 0.29) is 0 Å². The van der Waals surface area contributed by atoms with Gasteiger partial charge < -0.3 is 14.1 Å². The van der Waals surface area contributed by atoms with Crippen molar-refractivity contribution in [3.8, 4) is 0 Å². The molecule has 2 atom stereocenters. The zero-order chi connectivity index (χ0) is 9.80. The summed E-state index contributed by atoms with van der Waals surface area (Å²) in [5.41, 5.74) is 1.05. The van der Waals surface area contributed by atoms with Crippen molar-refractivity contribution in [3.63, 3.8) is 0 Å². The van der Waals surface area contributed by atoms with Gasteiger partial charge in [0.25, 0.3) is 8.53 Å². The van der Waals surface area contributed by atoms with E-state index >= 15 is 0 Å². The first-order chi connectivity index (χ1) is 6.84. The van der Waals surface area contributed by atoms with Crippen LogP contribution in [0.4, 0.5) is 5.69 Å². The highest BCUT2D eigenvalue weighted by Crippen LogP contribution is 2.43. The lowest BCUT2D eigenvalue weighted by Crippen LogP contribution is -2.17. The Hall–Kier alpha value is -0.630. The zero-order valence-corrected chi connectivity index (χ0v) is 9.04. The lowest BCUT2D eigenvalue weighted by Gasteiger charge is -2.27. The Morgan fingerprint density at radius 3 is 2.86 bits per heavy atom. The molecule has 0 aliphatic carbocycles. The van der Waals surface area contributed by atoms with Gasteiger partial charge >= 0.3 is 0 Å². The molecule has 76 valence electrons. The largest absolute Gasteiger partial charge is 0.320 e. The molecule has 1 heterocycles. The summed E-state index contributed by atoms with van der Waals surface area (Å²) in [6.07, 6.45) is 1.28. The van der Waals surface area contributed by atoms with E-state index < -0.39 is 8.53 Å². The average molecular weight is 211 g/mol. The molecule has 1 aromatic carbocycles. The van der Waals surface area contributed by atoms with Gasteiger partial charge in [-0.2, -0.15) is 0 Å². The van der Waals surface area contributed by atoms with Gasteiger partial charge in [0, 0.05) is 5.69 Å². The smallest absolute Gasteiger partial charge is 0.287 e. The minimum atomic E-state index is -0.937. The molecule has 0 bridgehead atoms. The van der Waals surface area contributed by atoms with Crippen LogP contribution in [0.15, 0.2) is 30.3 Å². The molecule has 1 aliphatic heterocycles. The Morgan fingerprint density at radius 1 is 1.36 bits per heavy atom. The van der Waals surface area contributed by atoms with Crippen LogP contribution in [0.25, 0.3) is 0 Å². The third-order valence-electron chi connectivity index (χ3n) is 2.00. The van der Waals surface area contributed by atoms with Crippen LogP contribution in [0.3, 0.4) is 0 Å². The fraction of sp³-hybridized carbons (Fsp3) is 0.400. The highest BCUT2D eigenvalue weighted by Gasteiger charge is 2.20. The summed E-state index contributed by atoms with van der Waals surface area (Å²) in [5.74, 6) is 0. The number of hydrogen-bond acceptors (Lipinski definition) is 3. The lowest BCUT2D eigenvalue weighted by molar-refractivity contribution is 0.123. The minimum Gasteiger partial charge on any atom is -0.320 e. The first-order valence-corrected chi connectivity index (χ1v) is 5.94. The van der Waals surface area contributed by atoms with Crippen molar-refractivity contribution in [1.29, 1.82) is 0 Å². The fourth-order valence-corrected chi connectivity index (χ4v) is 2.47. The fourth-order valence-electron chi connectivity index (χ4n) is 1.22. The monoisotopic (exact) mass is 211 g/mol. The van der Waals surface area contributed by atoms with Gasteiger partial charge in [0.1, 0.15) is 0 Å². The molecule has 0 spiro atoms. The number of benzene rings is 1. The third kappa shape index (κ3) is 2.68. The van der Waals surface area contributed by atoms with Gasteiger partial charge in [0.15, 0.2) is 0 Å². The Balaban J connectivity index is 1.91. The first-order valence-electron chi connectivity index (χ1n) is 4.76. The van der Waals surface area contributed by atoms with Crippen LogP contribution in [0, 0.1) is 0 Å². The quantitative estimate of drug-likeness (QED) is 0.762. The van der Waals surface area contributed by atoms with Crippen LogP contribution in [0.5, 0.6) is 0 Å². The predicted octanol–water partition coefficient (Wildman–Crippen LogP) is 3.15. The molecule has 4 heteroatoms.